The minimum atomic E-state index is -1.30. The molecule has 0 heterocycles. The summed E-state index contributed by atoms with van der Waals surface area (Å²) in [6, 6.07) is 0. The summed E-state index contributed by atoms with van der Waals surface area (Å²) >= 11 is 0. The van der Waals surface area contributed by atoms with Crippen LogP contribution in [0.1, 0.15) is 58.8 Å². The number of aliphatic hydroxyl groups is 1. The van der Waals surface area contributed by atoms with Crippen molar-refractivity contribution in [2.24, 2.45) is 0 Å². The molecule has 0 bridgehead atoms. The number of unbranched alkanes of at least 4 members (excludes halogenated alkanes) is 4. The Morgan fingerprint density at radius 1 is 1.04 bits per heavy atom. The van der Waals surface area contributed by atoms with Gasteiger partial charge < -0.3 is 19.8 Å². The Labute approximate surface area is 143 Å². The quantitative estimate of drug-likeness (QED) is 0.244. The van der Waals surface area contributed by atoms with Crippen molar-refractivity contribution in [1.82, 2.24) is 4.90 Å². The molecule has 0 aromatic rings. The third kappa shape index (κ3) is 11.6. The number of carbonyl (C=O) groups excluding carboxylic acids is 2. The number of nitrogens with zero attached hydrogens (tertiary/aromatic N) is 1. The van der Waals surface area contributed by atoms with Crippen molar-refractivity contribution in [2.45, 2.75) is 64.9 Å². The third-order valence-electron chi connectivity index (χ3n) is 3.41. The summed E-state index contributed by atoms with van der Waals surface area (Å²) in [5.41, 5.74) is 0. The Bertz CT molecular complexity index is 421. The molecule has 0 aromatic carbocycles. The normalized spacial score (nSPS) is 12.1. The van der Waals surface area contributed by atoms with Gasteiger partial charge in [0.05, 0.1) is 6.10 Å². The van der Waals surface area contributed by atoms with Crippen LogP contribution < -0.4 is 0 Å². The number of aliphatic hydroxyl groups excluding tert-OH is 1. The van der Waals surface area contributed by atoms with Crippen molar-refractivity contribution in [1.29, 1.82) is 0 Å². The molecule has 0 aliphatic heterocycles. The van der Waals surface area contributed by atoms with Crippen LogP contribution in [0.15, 0.2) is 12.2 Å². The topological polar surface area (TPSA) is 104 Å². The number of esters is 1. The van der Waals surface area contributed by atoms with E-state index in [9.17, 15) is 19.5 Å². The molecule has 0 aliphatic rings. The van der Waals surface area contributed by atoms with Gasteiger partial charge in [-0.25, -0.2) is 14.4 Å². The Hall–Kier alpha value is -1.89. The zero-order chi connectivity index (χ0) is 18.4. The molecular weight excluding hydrogens is 314 g/mol. The lowest BCUT2D eigenvalue weighted by Gasteiger charge is -2.24. The van der Waals surface area contributed by atoms with Gasteiger partial charge in [-0.2, -0.15) is 0 Å². The monoisotopic (exact) mass is 343 g/mol. The number of carboxylic acid groups (broad SMARTS) is 1. The fourth-order valence-electron chi connectivity index (χ4n) is 2.10. The molecule has 0 aromatic heterocycles. The molecule has 1 atom stereocenters. The van der Waals surface area contributed by atoms with E-state index >= 15 is 0 Å². The first-order valence-electron chi connectivity index (χ1n) is 8.50. The van der Waals surface area contributed by atoms with Gasteiger partial charge in [-0.1, -0.05) is 46.0 Å². The zero-order valence-corrected chi connectivity index (χ0v) is 14.6. The Balaban J connectivity index is 4.60. The molecule has 0 saturated heterocycles. The number of carboxylic acids is 1. The molecule has 0 spiro atoms. The fourth-order valence-corrected chi connectivity index (χ4v) is 2.10. The molecule has 0 radical (unpaired) electrons. The number of hydrogen-bond donors (Lipinski definition) is 2. The highest BCUT2D eigenvalue weighted by atomic mass is 16.6. The van der Waals surface area contributed by atoms with E-state index < -0.39 is 24.1 Å². The van der Waals surface area contributed by atoms with Gasteiger partial charge in [0.1, 0.15) is 0 Å². The molecule has 24 heavy (non-hydrogen) atoms. The van der Waals surface area contributed by atoms with E-state index in [1.165, 1.54) is 4.90 Å². The van der Waals surface area contributed by atoms with Crippen LogP contribution in [0.2, 0.25) is 0 Å². The molecule has 7 nitrogen and oxygen atoms in total. The van der Waals surface area contributed by atoms with E-state index in [4.69, 9.17) is 5.11 Å². The standard InChI is InChI=1S/C17H29NO6/c1-3-5-7-8-12-18(13-14(19)9-6-4-2)17(23)24-16(22)11-10-15(20)21/h10-11,14,19H,3-9,12-13H2,1-2H3,(H,20,21)/b11-10+. The molecule has 7 heteroatoms. The lowest BCUT2D eigenvalue weighted by Crippen LogP contribution is -2.39. The van der Waals surface area contributed by atoms with Crippen molar-refractivity contribution >= 4 is 18.0 Å². The second-order valence-corrected chi connectivity index (χ2v) is 5.66. The van der Waals surface area contributed by atoms with Gasteiger partial charge in [-0.15, -0.1) is 0 Å². The van der Waals surface area contributed by atoms with Crippen LogP contribution in [0, 0.1) is 0 Å². The molecule has 2 N–H and O–H groups in total. The van der Waals surface area contributed by atoms with Crippen molar-refractivity contribution in [3.8, 4) is 0 Å². The summed E-state index contributed by atoms with van der Waals surface area (Å²) < 4.78 is 4.61. The summed E-state index contributed by atoms with van der Waals surface area (Å²) in [6.45, 7) is 4.57. The van der Waals surface area contributed by atoms with Crippen LogP contribution in [0.4, 0.5) is 4.79 Å². The summed E-state index contributed by atoms with van der Waals surface area (Å²) in [6.07, 6.45) is 5.92. The number of amides is 1. The first-order chi connectivity index (χ1) is 11.4. The Kier molecular flexibility index (Phi) is 12.5. The van der Waals surface area contributed by atoms with E-state index in [0.717, 1.165) is 38.5 Å². The second-order valence-electron chi connectivity index (χ2n) is 5.66. The predicted molar refractivity (Wildman–Crippen MR) is 89.5 cm³/mol. The molecule has 0 aliphatic carbocycles. The van der Waals surface area contributed by atoms with E-state index in [0.29, 0.717) is 25.1 Å². The predicted octanol–water partition coefficient (Wildman–Crippen LogP) is 2.72. The highest BCUT2D eigenvalue weighted by molar-refractivity contribution is 5.95. The van der Waals surface area contributed by atoms with Gasteiger partial charge >= 0.3 is 18.0 Å². The lowest BCUT2D eigenvalue weighted by molar-refractivity contribution is -0.135. The van der Waals surface area contributed by atoms with Crippen molar-refractivity contribution in [3.05, 3.63) is 12.2 Å². The number of rotatable bonds is 12. The Morgan fingerprint density at radius 3 is 2.29 bits per heavy atom. The summed E-state index contributed by atoms with van der Waals surface area (Å²) in [7, 11) is 0. The van der Waals surface area contributed by atoms with Gasteiger partial charge in [0.2, 0.25) is 0 Å². The maximum atomic E-state index is 12.1. The van der Waals surface area contributed by atoms with Crippen LogP contribution in [0.5, 0.6) is 0 Å². The minimum Gasteiger partial charge on any atom is -0.478 e. The highest BCUT2D eigenvalue weighted by Crippen LogP contribution is 2.08. The van der Waals surface area contributed by atoms with Crippen LogP contribution in [0.3, 0.4) is 0 Å². The Morgan fingerprint density at radius 2 is 1.71 bits per heavy atom. The molecule has 0 rings (SSSR count). The van der Waals surface area contributed by atoms with E-state index in [1.54, 1.807) is 0 Å². The molecule has 0 fully saturated rings. The van der Waals surface area contributed by atoms with Crippen LogP contribution in [-0.4, -0.2) is 52.3 Å². The smallest absolute Gasteiger partial charge is 0.417 e. The number of hydrogen-bond acceptors (Lipinski definition) is 5. The molecule has 1 unspecified atom stereocenters. The average Bonchev–Trinajstić information content (AvgIpc) is 2.53. The van der Waals surface area contributed by atoms with Crippen LogP contribution >= 0.6 is 0 Å². The van der Waals surface area contributed by atoms with Gasteiger partial charge in [0, 0.05) is 25.2 Å². The van der Waals surface area contributed by atoms with Gasteiger partial charge in [0.25, 0.3) is 0 Å². The van der Waals surface area contributed by atoms with Crippen molar-refractivity contribution < 1.29 is 29.3 Å². The van der Waals surface area contributed by atoms with Gasteiger partial charge in [0.15, 0.2) is 0 Å². The van der Waals surface area contributed by atoms with Gasteiger partial charge in [-0.3, -0.25) is 0 Å². The van der Waals surface area contributed by atoms with Crippen LogP contribution in [0.25, 0.3) is 0 Å². The summed E-state index contributed by atoms with van der Waals surface area (Å²) in [5.74, 6) is -2.34. The second kappa shape index (κ2) is 13.5. The van der Waals surface area contributed by atoms with E-state index in [-0.39, 0.29) is 6.54 Å². The lowest BCUT2D eigenvalue weighted by atomic mass is 10.1. The largest absolute Gasteiger partial charge is 0.478 e. The first-order valence-corrected chi connectivity index (χ1v) is 8.50. The zero-order valence-electron chi connectivity index (χ0n) is 14.6. The average molecular weight is 343 g/mol. The van der Waals surface area contributed by atoms with Crippen molar-refractivity contribution in [3.63, 3.8) is 0 Å². The maximum Gasteiger partial charge on any atom is 0.417 e. The summed E-state index contributed by atoms with van der Waals surface area (Å²) in [5, 5.41) is 18.4. The first kappa shape index (κ1) is 22.1. The minimum absolute atomic E-state index is 0.0981. The molecule has 1 amide bonds. The maximum absolute atomic E-state index is 12.1. The van der Waals surface area contributed by atoms with E-state index in [1.807, 2.05) is 6.92 Å². The SMILES string of the molecule is CCCCCCN(CC(O)CCCC)C(=O)OC(=O)/C=C/C(=O)O. The number of carbonyl (C=O) groups is 3. The van der Waals surface area contributed by atoms with Gasteiger partial charge in [-0.05, 0) is 12.8 Å². The number of aliphatic carboxylic acids is 1. The molecule has 138 valence electrons. The highest BCUT2D eigenvalue weighted by Gasteiger charge is 2.20. The van der Waals surface area contributed by atoms with Crippen molar-refractivity contribution in [2.75, 3.05) is 13.1 Å². The summed E-state index contributed by atoms with van der Waals surface area (Å²) in [4.78, 5) is 35.1. The molecular formula is C17H29NO6. The van der Waals surface area contributed by atoms with Crippen LogP contribution in [-0.2, 0) is 14.3 Å². The number of ether oxygens (including phenoxy) is 1. The fraction of sp³-hybridized carbons (Fsp3) is 0.706. The molecule has 0 saturated carbocycles. The third-order valence-corrected chi connectivity index (χ3v) is 3.41. The van der Waals surface area contributed by atoms with E-state index in [2.05, 4.69) is 11.7 Å².